The number of ketones is 1. The topological polar surface area (TPSA) is 61.8 Å². The average molecular weight is 388 g/mol. The van der Waals surface area contributed by atoms with Gasteiger partial charge in [0.25, 0.3) is 0 Å². The van der Waals surface area contributed by atoms with Crippen molar-refractivity contribution in [3.63, 3.8) is 0 Å². The fourth-order valence-corrected chi connectivity index (χ4v) is 2.69. The van der Waals surface area contributed by atoms with Crippen LogP contribution in [-0.2, 0) is 0 Å². The van der Waals surface area contributed by atoms with Gasteiger partial charge in [-0.15, -0.1) is 0 Å². The first-order valence-corrected chi connectivity index (χ1v) is 8.92. The molecule has 0 atom stereocenters. The van der Waals surface area contributed by atoms with Gasteiger partial charge < -0.3 is 14.2 Å². The molecule has 0 aromatic heterocycles. The van der Waals surface area contributed by atoms with Gasteiger partial charge in [-0.25, -0.2) is 4.79 Å². The second-order valence-electron chi connectivity index (χ2n) is 6.09. The van der Waals surface area contributed by atoms with Gasteiger partial charge in [0.05, 0.1) is 25.3 Å². The van der Waals surface area contributed by atoms with Gasteiger partial charge in [-0.1, -0.05) is 36.4 Å². The highest BCUT2D eigenvalue weighted by Gasteiger charge is 2.11. The molecule has 0 aliphatic rings. The second kappa shape index (κ2) is 9.37. The van der Waals surface area contributed by atoms with Crippen LogP contribution in [0, 0.1) is 0 Å². The Hall–Kier alpha value is -3.86. The molecule has 0 heterocycles. The molecule has 0 N–H and O–H groups in total. The Balaban J connectivity index is 1.74. The number of esters is 1. The molecule has 0 fully saturated rings. The predicted molar refractivity (Wildman–Crippen MR) is 111 cm³/mol. The summed E-state index contributed by atoms with van der Waals surface area (Å²) in [6.07, 6.45) is 3.11. The van der Waals surface area contributed by atoms with Gasteiger partial charge in [-0.05, 0) is 48.0 Å². The average Bonchev–Trinajstić information content (AvgIpc) is 2.77. The van der Waals surface area contributed by atoms with Crippen molar-refractivity contribution < 1.29 is 23.8 Å². The van der Waals surface area contributed by atoms with Gasteiger partial charge >= 0.3 is 5.97 Å². The molecule has 0 unspecified atom stereocenters. The summed E-state index contributed by atoms with van der Waals surface area (Å²) in [5.41, 5.74) is 1.62. The van der Waals surface area contributed by atoms with Crippen molar-refractivity contribution in [2.45, 2.75) is 0 Å². The molecule has 29 heavy (non-hydrogen) atoms. The molecule has 5 heteroatoms. The van der Waals surface area contributed by atoms with E-state index in [-0.39, 0.29) is 5.78 Å². The number of allylic oxidation sites excluding steroid dienone is 1. The van der Waals surface area contributed by atoms with Crippen molar-refractivity contribution in [2.24, 2.45) is 0 Å². The van der Waals surface area contributed by atoms with Crippen LogP contribution in [0.1, 0.15) is 26.3 Å². The van der Waals surface area contributed by atoms with E-state index in [0.29, 0.717) is 28.4 Å². The molecule has 3 aromatic rings. The third-order valence-electron chi connectivity index (χ3n) is 4.18. The highest BCUT2D eigenvalue weighted by atomic mass is 16.5. The van der Waals surface area contributed by atoms with E-state index in [1.807, 2.05) is 12.1 Å². The summed E-state index contributed by atoms with van der Waals surface area (Å²) in [5, 5.41) is 0. The van der Waals surface area contributed by atoms with Crippen LogP contribution in [-0.4, -0.2) is 26.0 Å². The lowest BCUT2D eigenvalue weighted by Crippen LogP contribution is -2.08. The minimum atomic E-state index is -0.439. The minimum Gasteiger partial charge on any atom is -0.497 e. The molecule has 0 spiro atoms. The Kier molecular flexibility index (Phi) is 6.43. The van der Waals surface area contributed by atoms with E-state index in [1.54, 1.807) is 73.8 Å². The number of carbonyl (C=O) groups is 2. The quantitative estimate of drug-likeness (QED) is 0.251. The molecule has 0 saturated heterocycles. The van der Waals surface area contributed by atoms with Gasteiger partial charge in [0, 0.05) is 6.07 Å². The van der Waals surface area contributed by atoms with Crippen molar-refractivity contribution in [1.82, 2.24) is 0 Å². The van der Waals surface area contributed by atoms with Crippen molar-refractivity contribution in [3.8, 4) is 17.2 Å². The Labute approximate surface area is 169 Å². The zero-order chi connectivity index (χ0) is 20.6. The van der Waals surface area contributed by atoms with E-state index >= 15 is 0 Å². The van der Waals surface area contributed by atoms with Gasteiger partial charge in [0.15, 0.2) is 5.78 Å². The summed E-state index contributed by atoms with van der Waals surface area (Å²) in [6.45, 7) is 0. The predicted octanol–water partition coefficient (Wildman–Crippen LogP) is 4.82. The lowest BCUT2D eigenvalue weighted by Gasteiger charge is -2.08. The lowest BCUT2D eigenvalue weighted by atomic mass is 10.1. The number of methoxy groups -OCH3 is 2. The summed E-state index contributed by atoms with van der Waals surface area (Å²) >= 11 is 0. The smallest absolute Gasteiger partial charge is 0.343 e. The van der Waals surface area contributed by atoms with Crippen LogP contribution < -0.4 is 14.2 Å². The third kappa shape index (κ3) is 5.11. The molecule has 146 valence electrons. The van der Waals surface area contributed by atoms with Crippen molar-refractivity contribution in [3.05, 3.63) is 95.6 Å². The summed E-state index contributed by atoms with van der Waals surface area (Å²) in [7, 11) is 3.05. The fraction of sp³-hybridized carbons (Fsp3) is 0.0833. The Morgan fingerprint density at radius 3 is 2.31 bits per heavy atom. The van der Waals surface area contributed by atoms with Crippen molar-refractivity contribution >= 4 is 17.8 Å². The third-order valence-corrected chi connectivity index (χ3v) is 4.18. The van der Waals surface area contributed by atoms with Crippen LogP contribution in [0.15, 0.2) is 78.9 Å². The van der Waals surface area contributed by atoms with Crippen LogP contribution >= 0.6 is 0 Å². The van der Waals surface area contributed by atoms with E-state index in [2.05, 4.69) is 0 Å². The monoisotopic (exact) mass is 388 g/mol. The largest absolute Gasteiger partial charge is 0.497 e. The fourth-order valence-electron chi connectivity index (χ4n) is 2.69. The molecule has 3 rings (SSSR count). The number of rotatable bonds is 7. The van der Waals surface area contributed by atoms with Gasteiger partial charge in [-0.2, -0.15) is 0 Å². The molecule has 0 aliphatic heterocycles. The Morgan fingerprint density at radius 2 is 1.59 bits per heavy atom. The molecule has 0 amide bonds. The first kappa shape index (κ1) is 19.9. The zero-order valence-electron chi connectivity index (χ0n) is 16.1. The minimum absolute atomic E-state index is 0.212. The summed E-state index contributed by atoms with van der Waals surface area (Å²) in [6, 6.07) is 20.7. The lowest BCUT2D eigenvalue weighted by molar-refractivity contribution is 0.0734. The normalized spacial score (nSPS) is 10.6. The number of ether oxygens (including phenoxy) is 3. The maximum Gasteiger partial charge on any atom is 0.343 e. The van der Waals surface area contributed by atoms with E-state index in [4.69, 9.17) is 14.2 Å². The van der Waals surface area contributed by atoms with Crippen LogP contribution in [0.4, 0.5) is 0 Å². The first-order valence-electron chi connectivity index (χ1n) is 8.92. The number of hydrogen-bond donors (Lipinski definition) is 0. The van der Waals surface area contributed by atoms with E-state index in [1.165, 1.54) is 13.2 Å². The summed E-state index contributed by atoms with van der Waals surface area (Å²) < 4.78 is 15.8. The highest BCUT2D eigenvalue weighted by Crippen LogP contribution is 2.25. The van der Waals surface area contributed by atoms with Crippen LogP contribution in [0.3, 0.4) is 0 Å². The number of carbonyl (C=O) groups excluding carboxylic acids is 2. The molecule has 0 bridgehead atoms. The molecular weight excluding hydrogens is 368 g/mol. The summed E-state index contributed by atoms with van der Waals surface area (Å²) in [5.74, 6) is 0.789. The van der Waals surface area contributed by atoms with Gasteiger partial charge in [0.1, 0.15) is 17.2 Å². The van der Waals surface area contributed by atoms with Crippen molar-refractivity contribution in [1.29, 1.82) is 0 Å². The standard InChI is InChI=1S/C24H20O5/c1-27-19-12-13-21(23(16-19)28-2)22(25)14-11-17-7-6-10-20(15-17)29-24(26)18-8-4-3-5-9-18/h3-16H,1-2H3/b14-11+. The number of benzene rings is 3. The van der Waals surface area contributed by atoms with E-state index in [0.717, 1.165) is 5.56 Å². The van der Waals surface area contributed by atoms with Gasteiger partial charge in [0.2, 0.25) is 0 Å². The Morgan fingerprint density at radius 1 is 0.793 bits per heavy atom. The second-order valence-corrected chi connectivity index (χ2v) is 6.09. The Bertz CT molecular complexity index is 1040. The molecular formula is C24H20O5. The van der Waals surface area contributed by atoms with Gasteiger partial charge in [-0.3, -0.25) is 4.79 Å². The van der Waals surface area contributed by atoms with E-state index in [9.17, 15) is 9.59 Å². The summed E-state index contributed by atoms with van der Waals surface area (Å²) in [4.78, 5) is 24.7. The highest BCUT2D eigenvalue weighted by molar-refractivity contribution is 6.08. The van der Waals surface area contributed by atoms with Crippen LogP contribution in [0.2, 0.25) is 0 Å². The number of hydrogen-bond acceptors (Lipinski definition) is 5. The maximum atomic E-state index is 12.6. The SMILES string of the molecule is COc1ccc(C(=O)/C=C/c2cccc(OC(=O)c3ccccc3)c2)c(OC)c1. The van der Waals surface area contributed by atoms with Crippen molar-refractivity contribution in [2.75, 3.05) is 14.2 Å². The zero-order valence-corrected chi connectivity index (χ0v) is 16.1. The van der Waals surface area contributed by atoms with Crippen LogP contribution in [0.25, 0.3) is 6.08 Å². The van der Waals surface area contributed by atoms with E-state index < -0.39 is 5.97 Å². The maximum absolute atomic E-state index is 12.6. The molecule has 0 saturated carbocycles. The molecule has 5 nitrogen and oxygen atoms in total. The molecule has 0 radical (unpaired) electrons. The molecule has 3 aromatic carbocycles. The molecule has 0 aliphatic carbocycles. The first-order chi connectivity index (χ1) is 14.1. The van der Waals surface area contributed by atoms with Crippen LogP contribution in [0.5, 0.6) is 17.2 Å².